The van der Waals surface area contributed by atoms with Gasteiger partial charge in [0.2, 0.25) is 0 Å². The number of hydrogen-bond acceptors (Lipinski definition) is 1. The minimum atomic E-state index is -1.28. The maximum atomic E-state index is 4.86. The van der Waals surface area contributed by atoms with Crippen molar-refractivity contribution in [3.8, 4) is 0 Å². The van der Waals surface area contributed by atoms with E-state index >= 15 is 0 Å². The van der Waals surface area contributed by atoms with Crippen LogP contribution in [0.3, 0.4) is 0 Å². The van der Waals surface area contributed by atoms with Gasteiger partial charge in [-0.05, 0) is 19.6 Å². The highest BCUT2D eigenvalue weighted by Gasteiger charge is 2.04. The van der Waals surface area contributed by atoms with Crippen molar-refractivity contribution in [2.45, 2.75) is 58.9 Å². The largest absolute Gasteiger partial charge is 0.664 e. The van der Waals surface area contributed by atoms with E-state index in [2.05, 4.69) is 63.8 Å². The predicted molar refractivity (Wildman–Crippen MR) is 111 cm³/mol. The van der Waals surface area contributed by atoms with E-state index in [1.54, 1.807) is 0 Å². The average Bonchev–Trinajstić information content (AvgIpc) is 2.23. The Balaban J connectivity index is 4.19. The van der Waals surface area contributed by atoms with Crippen LogP contribution in [0.2, 0.25) is 58.9 Å². The summed E-state index contributed by atoms with van der Waals surface area (Å²) in [6.07, 6.45) is 0. The number of rotatable bonds is 12. The molecule has 22 heavy (non-hydrogen) atoms. The van der Waals surface area contributed by atoms with Gasteiger partial charge in [-0.1, -0.05) is 83.6 Å². The summed E-state index contributed by atoms with van der Waals surface area (Å²) in [6, 6.07) is 0. The highest BCUT2D eigenvalue weighted by Crippen LogP contribution is 2.13. The van der Waals surface area contributed by atoms with Gasteiger partial charge in [0.05, 0.1) is 0 Å². The van der Waals surface area contributed by atoms with Crippen LogP contribution in [0.15, 0.2) is 0 Å². The summed E-state index contributed by atoms with van der Waals surface area (Å²) in [5.74, 6) is 0. The van der Waals surface area contributed by atoms with Crippen molar-refractivity contribution >= 4 is 24.7 Å². The van der Waals surface area contributed by atoms with Crippen molar-refractivity contribution in [1.29, 1.82) is 0 Å². The van der Waals surface area contributed by atoms with Gasteiger partial charge >= 0.3 is 0 Å². The topological polar surface area (TPSA) is 45.5 Å². The van der Waals surface area contributed by atoms with E-state index in [-0.39, 0.29) is 0 Å². The molecule has 0 aliphatic rings. The number of hydrogen-bond donors (Lipinski definition) is 0. The van der Waals surface area contributed by atoms with Crippen molar-refractivity contribution in [2.75, 3.05) is 39.3 Å². The monoisotopic (exact) mass is 359 g/mol. The molecule has 7 heteroatoms. The van der Waals surface area contributed by atoms with E-state index < -0.39 is 24.7 Å². The van der Waals surface area contributed by atoms with Gasteiger partial charge in [0, 0.05) is 0 Å². The van der Waals surface area contributed by atoms with Gasteiger partial charge in [-0.25, -0.2) is 0 Å². The molecule has 0 amide bonds. The van der Waals surface area contributed by atoms with E-state index in [0.717, 1.165) is 39.3 Å². The maximum absolute atomic E-state index is 4.86. The first-order valence-corrected chi connectivity index (χ1v) is 18.9. The van der Waals surface area contributed by atoms with Crippen LogP contribution in [0.25, 0.3) is 14.9 Å². The quantitative estimate of drug-likeness (QED) is 0.456. The third-order valence-corrected chi connectivity index (χ3v) is 6.52. The molecule has 0 saturated carbocycles. The number of nitrogens with zero attached hydrogens (tertiary/aromatic N) is 4. The molecular formula is C15H39N4Si3-3. The Morgan fingerprint density at radius 2 is 0.727 bits per heavy atom. The molecule has 0 bridgehead atoms. The molecule has 134 valence electrons. The molecule has 0 radical (unpaired) electrons. The highest BCUT2D eigenvalue weighted by molar-refractivity contribution is 6.81. The zero-order chi connectivity index (χ0) is 17.4. The zero-order valence-corrected chi connectivity index (χ0v) is 19.5. The maximum Gasteiger partial charge on any atom is -0.0210 e. The van der Waals surface area contributed by atoms with Crippen LogP contribution in [-0.4, -0.2) is 68.9 Å². The first kappa shape index (κ1) is 22.5. The molecule has 0 N–H and O–H groups in total. The molecule has 0 spiro atoms. The smallest absolute Gasteiger partial charge is 0.0210 e. The van der Waals surface area contributed by atoms with E-state index in [9.17, 15) is 0 Å². The molecule has 0 aromatic carbocycles. The molecule has 0 fully saturated rings. The lowest BCUT2D eigenvalue weighted by atomic mass is 10.4. The lowest BCUT2D eigenvalue weighted by Gasteiger charge is -2.41. The Kier molecular flexibility index (Phi) is 9.92. The van der Waals surface area contributed by atoms with Crippen LogP contribution in [-0.2, 0) is 0 Å². The Morgan fingerprint density at radius 1 is 0.500 bits per heavy atom. The Labute approximate surface area is 143 Å². The summed E-state index contributed by atoms with van der Waals surface area (Å²) in [7, 11) is -3.84. The lowest BCUT2D eigenvalue weighted by Crippen LogP contribution is -2.36. The van der Waals surface area contributed by atoms with Crippen molar-refractivity contribution in [3.05, 3.63) is 14.9 Å². The standard InChI is InChI=1S/C15H39N4Si3/c1-20(2,3)16-10-13-19(14-11-17-21(4,5)6)15-12-18-22(7,8)9/h10-15H2,1-9H3/q-3. The van der Waals surface area contributed by atoms with Crippen molar-refractivity contribution in [1.82, 2.24) is 4.90 Å². The summed E-state index contributed by atoms with van der Waals surface area (Å²) in [5.41, 5.74) is 0. The Bertz CT molecular complexity index is 245. The fourth-order valence-corrected chi connectivity index (χ4v) is 4.23. The normalized spacial score (nSPS) is 13.9. The van der Waals surface area contributed by atoms with Crippen LogP contribution in [0.4, 0.5) is 0 Å². The first-order valence-electron chi connectivity index (χ1n) is 8.57. The third kappa shape index (κ3) is 16.9. The van der Waals surface area contributed by atoms with Crippen LogP contribution in [0.5, 0.6) is 0 Å². The van der Waals surface area contributed by atoms with Crippen molar-refractivity contribution in [2.24, 2.45) is 0 Å². The van der Waals surface area contributed by atoms with Gasteiger partial charge in [0.1, 0.15) is 0 Å². The Hall–Kier alpha value is 0.491. The van der Waals surface area contributed by atoms with Gasteiger partial charge in [-0.2, -0.15) is 0 Å². The van der Waals surface area contributed by atoms with Gasteiger partial charge < -0.3 is 19.8 Å². The second-order valence-electron chi connectivity index (χ2n) is 9.00. The second kappa shape index (κ2) is 9.71. The minimum absolute atomic E-state index is 0.968. The molecule has 0 saturated heterocycles. The van der Waals surface area contributed by atoms with Crippen LogP contribution in [0.1, 0.15) is 0 Å². The van der Waals surface area contributed by atoms with Gasteiger partial charge in [0.15, 0.2) is 0 Å². The van der Waals surface area contributed by atoms with E-state index in [1.165, 1.54) is 0 Å². The van der Waals surface area contributed by atoms with Crippen molar-refractivity contribution < 1.29 is 0 Å². The summed E-state index contributed by atoms with van der Waals surface area (Å²) < 4.78 is 0. The van der Waals surface area contributed by atoms with Gasteiger partial charge in [0.25, 0.3) is 0 Å². The molecule has 0 aromatic rings. The summed E-state index contributed by atoms with van der Waals surface area (Å²) in [6.45, 7) is 26.8. The minimum Gasteiger partial charge on any atom is -0.664 e. The molecule has 0 heterocycles. The average molecular weight is 360 g/mol. The van der Waals surface area contributed by atoms with Crippen LogP contribution < -0.4 is 0 Å². The molecule has 0 rings (SSSR count). The molecular weight excluding hydrogens is 320 g/mol. The Morgan fingerprint density at radius 3 is 0.909 bits per heavy atom. The SMILES string of the molecule is C[Si](C)(C)[N-]CCN(CC[N-][Si](C)(C)C)CC[N-][Si](C)(C)C. The molecule has 0 unspecified atom stereocenters. The van der Waals surface area contributed by atoms with Crippen LogP contribution >= 0.6 is 0 Å². The van der Waals surface area contributed by atoms with E-state index in [1.807, 2.05) is 0 Å². The first-order chi connectivity index (χ1) is 9.79. The fourth-order valence-electron chi connectivity index (χ4n) is 1.92. The summed E-state index contributed by atoms with van der Waals surface area (Å²) >= 11 is 0. The summed E-state index contributed by atoms with van der Waals surface area (Å²) in [4.78, 5) is 17.1. The molecule has 4 nitrogen and oxygen atoms in total. The van der Waals surface area contributed by atoms with Gasteiger partial charge in [-0.3, -0.25) is 0 Å². The second-order valence-corrected chi connectivity index (χ2v) is 23.0. The molecule has 0 aliphatic heterocycles. The molecule has 0 aliphatic carbocycles. The zero-order valence-electron chi connectivity index (χ0n) is 16.5. The van der Waals surface area contributed by atoms with E-state index in [0.29, 0.717) is 0 Å². The predicted octanol–water partition coefficient (Wildman–Crippen LogP) is 4.91. The van der Waals surface area contributed by atoms with E-state index in [4.69, 9.17) is 14.9 Å². The van der Waals surface area contributed by atoms with Crippen molar-refractivity contribution in [3.63, 3.8) is 0 Å². The molecule has 0 atom stereocenters. The fraction of sp³-hybridized carbons (Fsp3) is 1.00. The highest BCUT2D eigenvalue weighted by atomic mass is 28.3. The lowest BCUT2D eigenvalue weighted by molar-refractivity contribution is 0.312. The van der Waals surface area contributed by atoms with Crippen LogP contribution in [0, 0.1) is 0 Å². The molecule has 0 aromatic heterocycles. The summed E-state index contributed by atoms with van der Waals surface area (Å²) in [5, 5.41) is 0. The third-order valence-electron chi connectivity index (χ3n) is 3.01. The van der Waals surface area contributed by atoms with Gasteiger partial charge in [-0.15, -0.1) is 19.6 Å².